The lowest BCUT2D eigenvalue weighted by molar-refractivity contribution is -0.121. The van der Waals surface area contributed by atoms with E-state index in [0.717, 1.165) is 0 Å². The number of carbonyl (C=O) groups is 4. The normalized spacial score (nSPS) is 10.4. The van der Waals surface area contributed by atoms with Gasteiger partial charge in [0, 0.05) is 44.5 Å². The number of hydrogen-bond acceptors (Lipinski definition) is 6. The lowest BCUT2D eigenvalue weighted by Crippen LogP contribution is -2.18. The van der Waals surface area contributed by atoms with Crippen LogP contribution in [0.2, 0.25) is 0 Å². The van der Waals surface area contributed by atoms with E-state index in [1.165, 1.54) is 24.7 Å². The van der Waals surface area contributed by atoms with E-state index >= 15 is 0 Å². The Balaban J connectivity index is 1.44. The second kappa shape index (κ2) is 8.72. The van der Waals surface area contributed by atoms with Crippen molar-refractivity contribution in [2.24, 2.45) is 12.8 Å². The van der Waals surface area contributed by atoms with Gasteiger partial charge in [0.05, 0.1) is 11.9 Å². The van der Waals surface area contributed by atoms with Gasteiger partial charge in [-0.3, -0.25) is 19.2 Å². The number of amides is 4. The second-order valence-corrected chi connectivity index (χ2v) is 6.22. The van der Waals surface area contributed by atoms with E-state index in [-0.39, 0.29) is 30.3 Å². The molecule has 0 aliphatic carbocycles. The molecule has 156 valence electrons. The molecule has 0 atom stereocenters. The molecule has 3 aromatic heterocycles. The standard InChI is InChI=1S/C17H19N9O4/c1-26-5-4-19-16(26)17(30)22-9-6-10(20-7-9)23-12(27)2-3-13(28)24-11-8-21-15(25-11)14(18)29/h4-8,20H,2-3H2,1H3,(H2,18,29)(H,21,25)(H,22,30)(H,23,27)(H,24,28). The number of anilines is 3. The molecule has 3 heterocycles. The number of imidazole rings is 2. The number of aryl methyl sites for hydroxylation is 1. The molecule has 0 radical (unpaired) electrons. The molecule has 13 nitrogen and oxygen atoms in total. The van der Waals surface area contributed by atoms with E-state index in [2.05, 4.69) is 35.9 Å². The third-order valence-electron chi connectivity index (χ3n) is 3.90. The molecule has 0 saturated heterocycles. The van der Waals surface area contributed by atoms with Crippen molar-refractivity contribution in [1.82, 2.24) is 24.5 Å². The Morgan fingerprint density at radius 3 is 2.37 bits per heavy atom. The van der Waals surface area contributed by atoms with Gasteiger partial charge in [-0.15, -0.1) is 0 Å². The molecule has 0 fully saturated rings. The monoisotopic (exact) mass is 413 g/mol. The molecule has 3 aromatic rings. The zero-order valence-corrected chi connectivity index (χ0v) is 15.9. The Morgan fingerprint density at radius 1 is 1.07 bits per heavy atom. The number of nitrogens with two attached hydrogens (primary N) is 1. The fraction of sp³-hybridized carbons (Fsp3) is 0.176. The number of nitrogens with zero attached hydrogens (tertiary/aromatic N) is 3. The van der Waals surface area contributed by atoms with Crippen molar-refractivity contribution >= 4 is 41.0 Å². The maximum absolute atomic E-state index is 12.1. The number of aromatic nitrogens is 5. The molecule has 0 bridgehead atoms. The van der Waals surface area contributed by atoms with Gasteiger partial charge in [0.25, 0.3) is 11.8 Å². The minimum atomic E-state index is -0.753. The van der Waals surface area contributed by atoms with Crippen LogP contribution in [0.3, 0.4) is 0 Å². The van der Waals surface area contributed by atoms with Gasteiger partial charge in [0.15, 0.2) is 11.6 Å². The van der Waals surface area contributed by atoms with Gasteiger partial charge in [-0.1, -0.05) is 0 Å². The third kappa shape index (κ3) is 5.09. The van der Waals surface area contributed by atoms with Crippen LogP contribution >= 0.6 is 0 Å². The summed E-state index contributed by atoms with van der Waals surface area (Å²) >= 11 is 0. The highest BCUT2D eigenvalue weighted by Crippen LogP contribution is 2.15. The number of H-pyrrole nitrogens is 2. The third-order valence-corrected chi connectivity index (χ3v) is 3.90. The fourth-order valence-corrected chi connectivity index (χ4v) is 2.47. The minimum Gasteiger partial charge on any atom is -0.363 e. The molecule has 0 unspecified atom stereocenters. The molecular weight excluding hydrogens is 394 g/mol. The van der Waals surface area contributed by atoms with E-state index in [9.17, 15) is 19.2 Å². The van der Waals surface area contributed by atoms with E-state index in [4.69, 9.17) is 5.73 Å². The summed E-state index contributed by atoms with van der Waals surface area (Å²) in [4.78, 5) is 60.0. The van der Waals surface area contributed by atoms with Crippen LogP contribution in [0.25, 0.3) is 0 Å². The maximum atomic E-state index is 12.1. The molecule has 0 saturated carbocycles. The lowest BCUT2D eigenvalue weighted by atomic mass is 10.3. The highest BCUT2D eigenvalue weighted by atomic mass is 16.2. The largest absolute Gasteiger partial charge is 0.363 e. The van der Waals surface area contributed by atoms with Crippen molar-refractivity contribution in [3.05, 3.63) is 42.5 Å². The van der Waals surface area contributed by atoms with Gasteiger partial charge in [0.2, 0.25) is 11.8 Å². The number of carbonyl (C=O) groups excluding carboxylic acids is 4. The second-order valence-electron chi connectivity index (χ2n) is 6.22. The van der Waals surface area contributed by atoms with Crippen molar-refractivity contribution in [3.8, 4) is 0 Å². The fourth-order valence-electron chi connectivity index (χ4n) is 2.47. The molecule has 3 rings (SSSR count). The topological polar surface area (TPSA) is 193 Å². The summed E-state index contributed by atoms with van der Waals surface area (Å²) in [6.07, 6.45) is 5.74. The SMILES string of the molecule is Cn1ccnc1C(=O)Nc1c[nH]c(NC(=O)CCC(=O)Nc2cnc(C(N)=O)[nH]2)c1. The van der Waals surface area contributed by atoms with Crippen LogP contribution in [0.1, 0.15) is 34.1 Å². The van der Waals surface area contributed by atoms with Crippen molar-refractivity contribution in [1.29, 1.82) is 0 Å². The zero-order chi connectivity index (χ0) is 21.7. The first-order chi connectivity index (χ1) is 14.3. The van der Waals surface area contributed by atoms with Gasteiger partial charge in [-0.25, -0.2) is 9.97 Å². The van der Waals surface area contributed by atoms with Crippen LogP contribution in [0.15, 0.2) is 30.9 Å². The first kappa shape index (κ1) is 20.3. The predicted molar refractivity (Wildman–Crippen MR) is 106 cm³/mol. The van der Waals surface area contributed by atoms with Crippen molar-refractivity contribution < 1.29 is 19.2 Å². The first-order valence-corrected chi connectivity index (χ1v) is 8.73. The van der Waals surface area contributed by atoms with Crippen LogP contribution in [-0.4, -0.2) is 48.1 Å². The van der Waals surface area contributed by atoms with E-state index in [0.29, 0.717) is 11.5 Å². The Labute approximate surface area is 169 Å². The van der Waals surface area contributed by atoms with Gasteiger partial charge in [-0.05, 0) is 0 Å². The summed E-state index contributed by atoms with van der Waals surface area (Å²) in [5.74, 6) is -1.28. The molecule has 0 aliphatic heterocycles. The Bertz CT molecular complexity index is 1090. The minimum absolute atomic E-state index is 0.0828. The Hall–Kier alpha value is -4.42. The van der Waals surface area contributed by atoms with E-state index in [1.54, 1.807) is 17.8 Å². The van der Waals surface area contributed by atoms with Crippen LogP contribution in [-0.2, 0) is 16.6 Å². The molecule has 30 heavy (non-hydrogen) atoms. The van der Waals surface area contributed by atoms with Gasteiger partial charge >= 0.3 is 0 Å². The number of primary amides is 1. The highest BCUT2D eigenvalue weighted by Gasteiger charge is 2.14. The van der Waals surface area contributed by atoms with Crippen LogP contribution in [0.4, 0.5) is 17.3 Å². The van der Waals surface area contributed by atoms with Crippen LogP contribution in [0, 0.1) is 0 Å². The number of nitrogens with one attached hydrogen (secondary N) is 5. The average molecular weight is 413 g/mol. The van der Waals surface area contributed by atoms with E-state index < -0.39 is 23.6 Å². The number of rotatable bonds is 8. The van der Waals surface area contributed by atoms with E-state index in [1.807, 2.05) is 0 Å². The molecule has 0 aromatic carbocycles. The summed E-state index contributed by atoms with van der Waals surface area (Å²) < 4.78 is 1.58. The maximum Gasteiger partial charge on any atom is 0.291 e. The smallest absolute Gasteiger partial charge is 0.291 e. The number of aromatic amines is 2. The predicted octanol–water partition coefficient (Wildman–Crippen LogP) is 0.180. The Morgan fingerprint density at radius 2 is 1.77 bits per heavy atom. The summed E-state index contributed by atoms with van der Waals surface area (Å²) in [5.41, 5.74) is 5.51. The van der Waals surface area contributed by atoms with Crippen molar-refractivity contribution in [2.45, 2.75) is 12.8 Å². The molecular formula is C17H19N9O4. The first-order valence-electron chi connectivity index (χ1n) is 8.73. The molecule has 0 spiro atoms. The van der Waals surface area contributed by atoms with Gasteiger partial charge in [0.1, 0.15) is 11.6 Å². The Kier molecular flexibility index (Phi) is 5.91. The zero-order valence-electron chi connectivity index (χ0n) is 15.9. The summed E-state index contributed by atoms with van der Waals surface area (Å²) in [5, 5.41) is 7.72. The van der Waals surface area contributed by atoms with Crippen molar-refractivity contribution in [2.75, 3.05) is 16.0 Å². The molecule has 7 N–H and O–H groups in total. The van der Waals surface area contributed by atoms with Crippen LogP contribution in [0.5, 0.6) is 0 Å². The molecule has 13 heteroatoms. The number of hydrogen-bond donors (Lipinski definition) is 6. The summed E-state index contributed by atoms with van der Waals surface area (Å²) in [7, 11) is 1.70. The molecule has 4 amide bonds. The highest BCUT2D eigenvalue weighted by molar-refractivity contribution is 6.02. The van der Waals surface area contributed by atoms with Gasteiger partial charge < -0.3 is 36.2 Å². The van der Waals surface area contributed by atoms with Gasteiger partial charge in [-0.2, -0.15) is 0 Å². The van der Waals surface area contributed by atoms with Crippen molar-refractivity contribution in [3.63, 3.8) is 0 Å². The quantitative estimate of drug-likeness (QED) is 0.305. The summed E-state index contributed by atoms with van der Waals surface area (Å²) in [6.45, 7) is 0. The average Bonchev–Trinajstić information content (AvgIpc) is 3.42. The molecule has 0 aliphatic rings. The van der Waals surface area contributed by atoms with Crippen LogP contribution < -0.4 is 21.7 Å². The summed E-state index contributed by atoms with van der Waals surface area (Å²) in [6, 6.07) is 1.54. The lowest BCUT2D eigenvalue weighted by Gasteiger charge is -2.04.